The van der Waals surface area contributed by atoms with E-state index in [9.17, 15) is 9.18 Å². The van der Waals surface area contributed by atoms with Crippen LogP contribution in [0.3, 0.4) is 0 Å². The SMILES string of the molecule is O=C(c1cc2cc(Cl)ccc2[nH]1)N1CCC(Nc2ccc(F)cc2)CC1. The lowest BCUT2D eigenvalue weighted by atomic mass is 10.0. The number of carbonyl (C=O) groups excluding carboxylic acids is 1. The Labute approximate surface area is 156 Å². The van der Waals surface area contributed by atoms with E-state index in [0.717, 1.165) is 29.4 Å². The summed E-state index contributed by atoms with van der Waals surface area (Å²) in [6, 6.07) is 14.0. The summed E-state index contributed by atoms with van der Waals surface area (Å²) in [6.45, 7) is 1.38. The van der Waals surface area contributed by atoms with E-state index in [1.807, 2.05) is 23.1 Å². The van der Waals surface area contributed by atoms with Crippen molar-refractivity contribution in [2.75, 3.05) is 18.4 Å². The fourth-order valence-corrected chi connectivity index (χ4v) is 3.58. The molecule has 0 atom stereocenters. The molecule has 1 aromatic heterocycles. The monoisotopic (exact) mass is 371 g/mol. The maximum Gasteiger partial charge on any atom is 0.270 e. The van der Waals surface area contributed by atoms with Crippen LogP contribution in [-0.2, 0) is 0 Å². The molecule has 1 amide bonds. The lowest BCUT2D eigenvalue weighted by Gasteiger charge is -2.32. The van der Waals surface area contributed by atoms with Crippen molar-refractivity contribution in [3.8, 4) is 0 Å². The number of amides is 1. The molecule has 1 fully saturated rings. The zero-order valence-electron chi connectivity index (χ0n) is 14.1. The molecule has 134 valence electrons. The smallest absolute Gasteiger partial charge is 0.270 e. The van der Waals surface area contributed by atoms with Crippen LogP contribution < -0.4 is 5.32 Å². The van der Waals surface area contributed by atoms with Gasteiger partial charge in [-0.3, -0.25) is 4.79 Å². The van der Waals surface area contributed by atoms with Crippen molar-refractivity contribution >= 4 is 34.1 Å². The maximum absolute atomic E-state index is 13.0. The Morgan fingerprint density at radius 2 is 1.85 bits per heavy atom. The molecule has 0 radical (unpaired) electrons. The molecular formula is C20H19ClFN3O. The Morgan fingerprint density at radius 3 is 2.58 bits per heavy atom. The quantitative estimate of drug-likeness (QED) is 0.702. The predicted molar refractivity (Wildman–Crippen MR) is 102 cm³/mol. The maximum atomic E-state index is 13.0. The van der Waals surface area contributed by atoms with Gasteiger partial charge in [0.05, 0.1) is 0 Å². The van der Waals surface area contributed by atoms with Crippen molar-refractivity contribution in [3.63, 3.8) is 0 Å². The molecule has 26 heavy (non-hydrogen) atoms. The number of aromatic amines is 1. The number of benzene rings is 2. The second-order valence-electron chi connectivity index (χ2n) is 6.63. The van der Waals surface area contributed by atoms with Crippen LogP contribution in [0.2, 0.25) is 5.02 Å². The van der Waals surface area contributed by atoms with Crippen LogP contribution in [0, 0.1) is 5.82 Å². The number of carbonyl (C=O) groups is 1. The highest BCUT2D eigenvalue weighted by Gasteiger charge is 2.24. The van der Waals surface area contributed by atoms with E-state index < -0.39 is 0 Å². The van der Waals surface area contributed by atoms with Gasteiger partial charge in [0, 0.05) is 40.7 Å². The topological polar surface area (TPSA) is 48.1 Å². The number of anilines is 1. The normalized spacial score (nSPS) is 15.4. The van der Waals surface area contributed by atoms with E-state index in [0.29, 0.717) is 23.8 Å². The fraction of sp³-hybridized carbons (Fsp3) is 0.250. The third kappa shape index (κ3) is 3.53. The number of H-pyrrole nitrogens is 1. The average molecular weight is 372 g/mol. The first-order valence-corrected chi connectivity index (χ1v) is 9.06. The van der Waals surface area contributed by atoms with Gasteiger partial charge < -0.3 is 15.2 Å². The summed E-state index contributed by atoms with van der Waals surface area (Å²) in [5, 5.41) is 5.00. The number of aromatic nitrogens is 1. The van der Waals surface area contributed by atoms with E-state index in [2.05, 4.69) is 10.3 Å². The van der Waals surface area contributed by atoms with Gasteiger partial charge in [0.15, 0.2) is 0 Å². The van der Waals surface area contributed by atoms with Crippen LogP contribution >= 0.6 is 11.6 Å². The molecule has 2 aromatic carbocycles. The number of fused-ring (bicyclic) bond motifs is 1. The number of piperidine rings is 1. The minimum Gasteiger partial charge on any atom is -0.382 e. The zero-order chi connectivity index (χ0) is 18.1. The molecule has 2 N–H and O–H groups in total. The van der Waals surface area contributed by atoms with Crippen molar-refractivity contribution in [2.24, 2.45) is 0 Å². The number of nitrogens with one attached hydrogen (secondary N) is 2. The molecular weight excluding hydrogens is 353 g/mol. The molecule has 4 nitrogen and oxygen atoms in total. The number of hydrogen-bond acceptors (Lipinski definition) is 2. The first-order chi connectivity index (χ1) is 12.6. The second kappa shape index (κ2) is 7.00. The first kappa shape index (κ1) is 16.9. The number of rotatable bonds is 3. The van der Waals surface area contributed by atoms with Crippen molar-refractivity contribution in [3.05, 3.63) is 65.1 Å². The van der Waals surface area contributed by atoms with E-state index in [4.69, 9.17) is 11.6 Å². The van der Waals surface area contributed by atoms with Crippen LogP contribution in [0.4, 0.5) is 10.1 Å². The lowest BCUT2D eigenvalue weighted by Crippen LogP contribution is -2.42. The van der Waals surface area contributed by atoms with Gasteiger partial charge in [0.1, 0.15) is 11.5 Å². The van der Waals surface area contributed by atoms with Crippen molar-refractivity contribution in [1.82, 2.24) is 9.88 Å². The third-order valence-corrected chi connectivity index (χ3v) is 5.05. The molecule has 0 saturated carbocycles. The number of halogens is 2. The summed E-state index contributed by atoms with van der Waals surface area (Å²) in [5.41, 5.74) is 2.40. The van der Waals surface area contributed by atoms with E-state index >= 15 is 0 Å². The summed E-state index contributed by atoms with van der Waals surface area (Å²) >= 11 is 6.01. The highest BCUT2D eigenvalue weighted by molar-refractivity contribution is 6.31. The Balaban J connectivity index is 1.38. The van der Waals surface area contributed by atoms with Crippen LogP contribution in [0.25, 0.3) is 10.9 Å². The van der Waals surface area contributed by atoms with E-state index in [1.165, 1.54) is 12.1 Å². The minimum absolute atomic E-state index is 0.0116. The van der Waals surface area contributed by atoms with Crippen LogP contribution in [0.5, 0.6) is 0 Å². The van der Waals surface area contributed by atoms with Crippen molar-refractivity contribution in [2.45, 2.75) is 18.9 Å². The van der Waals surface area contributed by atoms with Crippen molar-refractivity contribution in [1.29, 1.82) is 0 Å². The van der Waals surface area contributed by atoms with Gasteiger partial charge in [0.2, 0.25) is 0 Å². The molecule has 0 spiro atoms. The van der Waals surface area contributed by atoms with Gasteiger partial charge in [-0.1, -0.05) is 11.6 Å². The highest BCUT2D eigenvalue weighted by Crippen LogP contribution is 2.23. The summed E-state index contributed by atoms with van der Waals surface area (Å²) < 4.78 is 13.0. The fourth-order valence-electron chi connectivity index (χ4n) is 3.40. The number of nitrogens with zero attached hydrogens (tertiary/aromatic N) is 1. The lowest BCUT2D eigenvalue weighted by molar-refractivity contribution is 0.0713. The molecule has 6 heteroatoms. The summed E-state index contributed by atoms with van der Waals surface area (Å²) in [7, 11) is 0. The molecule has 0 unspecified atom stereocenters. The average Bonchev–Trinajstić information content (AvgIpc) is 3.07. The molecule has 1 aliphatic rings. The molecule has 0 bridgehead atoms. The number of likely N-dealkylation sites (tertiary alicyclic amines) is 1. The Bertz CT molecular complexity index is 930. The van der Waals surface area contributed by atoms with Gasteiger partial charge in [0.25, 0.3) is 5.91 Å². The molecule has 3 aromatic rings. The van der Waals surface area contributed by atoms with Crippen molar-refractivity contribution < 1.29 is 9.18 Å². The zero-order valence-corrected chi connectivity index (χ0v) is 14.9. The molecule has 4 rings (SSSR count). The Kier molecular flexibility index (Phi) is 4.55. The standard InChI is InChI=1S/C20H19ClFN3O/c21-14-1-6-18-13(11-14)12-19(24-18)20(26)25-9-7-17(8-10-25)23-16-4-2-15(22)3-5-16/h1-6,11-12,17,23-24H,7-10H2. The predicted octanol–water partition coefficient (Wildman–Crippen LogP) is 4.68. The Hall–Kier alpha value is -2.53. The van der Waals surface area contributed by atoms with Gasteiger partial charge in [-0.15, -0.1) is 0 Å². The molecule has 2 heterocycles. The third-order valence-electron chi connectivity index (χ3n) is 4.81. The highest BCUT2D eigenvalue weighted by atomic mass is 35.5. The van der Waals surface area contributed by atoms with Crippen LogP contribution in [0.15, 0.2) is 48.5 Å². The molecule has 1 aliphatic heterocycles. The van der Waals surface area contributed by atoms with Gasteiger partial charge in [-0.05, 0) is 61.4 Å². The van der Waals surface area contributed by atoms with E-state index in [1.54, 1.807) is 18.2 Å². The summed E-state index contributed by atoms with van der Waals surface area (Å²) in [5.74, 6) is -0.229. The number of hydrogen-bond donors (Lipinski definition) is 2. The molecule has 1 saturated heterocycles. The van der Waals surface area contributed by atoms with E-state index in [-0.39, 0.29) is 17.8 Å². The minimum atomic E-state index is -0.240. The van der Waals surface area contributed by atoms with Gasteiger partial charge in [-0.25, -0.2) is 4.39 Å². The first-order valence-electron chi connectivity index (χ1n) is 8.68. The van der Waals surface area contributed by atoms with Gasteiger partial charge in [-0.2, -0.15) is 0 Å². The summed E-state index contributed by atoms with van der Waals surface area (Å²) in [4.78, 5) is 17.8. The second-order valence-corrected chi connectivity index (χ2v) is 7.07. The van der Waals surface area contributed by atoms with Crippen LogP contribution in [0.1, 0.15) is 23.3 Å². The van der Waals surface area contributed by atoms with Crippen LogP contribution in [-0.4, -0.2) is 34.9 Å². The summed E-state index contributed by atoms with van der Waals surface area (Å²) in [6.07, 6.45) is 1.71. The molecule has 0 aliphatic carbocycles. The van der Waals surface area contributed by atoms with Gasteiger partial charge >= 0.3 is 0 Å². The Morgan fingerprint density at radius 1 is 1.12 bits per heavy atom. The largest absolute Gasteiger partial charge is 0.382 e.